The number of nitrogens with one attached hydrogen (secondary N) is 1. The van der Waals surface area contributed by atoms with E-state index in [-0.39, 0.29) is 11.4 Å². The molecule has 2 aromatic rings. The van der Waals surface area contributed by atoms with Crippen molar-refractivity contribution in [3.63, 3.8) is 0 Å². The Balaban J connectivity index is 1.61. The average Bonchev–Trinajstić information content (AvgIpc) is 3.23. The zero-order chi connectivity index (χ0) is 21.7. The molecule has 1 aliphatic heterocycles. The van der Waals surface area contributed by atoms with Crippen LogP contribution in [0.2, 0.25) is 5.02 Å². The highest BCUT2D eigenvalue weighted by molar-refractivity contribution is 7.89. The third-order valence-electron chi connectivity index (χ3n) is 4.60. The SMILES string of the molecule is COc1cccc(NC(=O)COC(=O)[C@H]2CCCN2S(=O)(=O)c2ccc(Cl)cc2)c1. The fourth-order valence-corrected chi connectivity index (χ4v) is 4.91. The van der Waals surface area contributed by atoms with Crippen LogP contribution in [-0.4, -0.2) is 50.9 Å². The maximum absolute atomic E-state index is 12.9. The lowest BCUT2D eigenvalue weighted by atomic mass is 10.2. The summed E-state index contributed by atoms with van der Waals surface area (Å²) in [6.07, 6.45) is 0.839. The summed E-state index contributed by atoms with van der Waals surface area (Å²) in [4.78, 5) is 24.6. The first kappa shape index (κ1) is 22.1. The summed E-state index contributed by atoms with van der Waals surface area (Å²) < 4.78 is 37.0. The molecule has 160 valence electrons. The molecule has 3 rings (SSSR count). The van der Waals surface area contributed by atoms with Gasteiger partial charge in [-0.3, -0.25) is 9.59 Å². The first-order valence-corrected chi connectivity index (χ1v) is 11.0. The second-order valence-electron chi connectivity index (χ2n) is 6.62. The second kappa shape index (κ2) is 9.46. The van der Waals surface area contributed by atoms with E-state index in [4.69, 9.17) is 21.1 Å². The highest BCUT2D eigenvalue weighted by Crippen LogP contribution is 2.27. The molecule has 1 N–H and O–H groups in total. The van der Waals surface area contributed by atoms with Crippen LogP contribution in [0.15, 0.2) is 53.4 Å². The number of sulfonamides is 1. The van der Waals surface area contributed by atoms with Gasteiger partial charge in [0.1, 0.15) is 11.8 Å². The van der Waals surface area contributed by atoms with Crippen molar-refractivity contribution in [3.8, 4) is 5.75 Å². The molecule has 0 saturated carbocycles. The van der Waals surface area contributed by atoms with Gasteiger partial charge in [-0.1, -0.05) is 17.7 Å². The fraction of sp³-hybridized carbons (Fsp3) is 0.300. The number of carbonyl (C=O) groups excluding carboxylic acids is 2. The third kappa shape index (κ3) is 5.10. The fourth-order valence-electron chi connectivity index (χ4n) is 3.14. The molecule has 0 bridgehead atoms. The van der Waals surface area contributed by atoms with Crippen molar-refractivity contribution < 1.29 is 27.5 Å². The van der Waals surface area contributed by atoms with Gasteiger partial charge in [0.2, 0.25) is 10.0 Å². The monoisotopic (exact) mass is 452 g/mol. The number of benzene rings is 2. The smallest absolute Gasteiger partial charge is 0.324 e. The van der Waals surface area contributed by atoms with Gasteiger partial charge >= 0.3 is 5.97 Å². The van der Waals surface area contributed by atoms with Crippen LogP contribution in [0.25, 0.3) is 0 Å². The van der Waals surface area contributed by atoms with Crippen LogP contribution in [0.1, 0.15) is 12.8 Å². The molecule has 0 radical (unpaired) electrons. The van der Waals surface area contributed by atoms with Crippen LogP contribution < -0.4 is 10.1 Å². The molecule has 1 saturated heterocycles. The van der Waals surface area contributed by atoms with Crippen molar-refractivity contribution >= 4 is 39.2 Å². The van der Waals surface area contributed by atoms with E-state index in [1.54, 1.807) is 24.3 Å². The Labute approximate surface area is 179 Å². The number of hydrogen-bond acceptors (Lipinski definition) is 6. The molecular formula is C20H21ClN2O6S. The van der Waals surface area contributed by atoms with Crippen LogP contribution in [0, 0.1) is 0 Å². The largest absolute Gasteiger partial charge is 0.497 e. The molecule has 2 aromatic carbocycles. The number of carbonyl (C=O) groups is 2. The van der Waals surface area contributed by atoms with E-state index in [9.17, 15) is 18.0 Å². The topological polar surface area (TPSA) is 102 Å². The number of halogens is 1. The predicted octanol–water partition coefficient (Wildman–Crippen LogP) is 2.68. The molecule has 1 atom stereocenters. The predicted molar refractivity (Wildman–Crippen MR) is 111 cm³/mol. The Morgan fingerprint density at radius 3 is 2.63 bits per heavy atom. The number of nitrogens with zero attached hydrogens (tertiary/aromatic N) is 1. The zero-order valence-electron chi connectivity index (χ0n) is 16.2. The van der Waals surface area contributed by atoms with Crippen LogP contribution in [0.4, 0.5) is 5.69 Å². The zero-order valence-corrected chi connectivity index (χ0v) is 17.8. The van der Waals surface area contributed by atoms with Gasteiger partial charge in [-0.05, 0) is 49.2 Å². The van der Waals surface area contributed by atoms with Gasteiger partial charge in [-0.15, -0.1) is 0 Å². The Kier molecular flexibility index (Phi) is 6.96. The molecule has 0 aliphatic carbocycles. The van der Waals surface area contributed by atoms with Crippen molar-refractivity contribution in [1.82, 2.24) is 4.31 Å². The van der Waals surface area contributed by atoms with Crippen LogP contribution in [-0.2, 0) is 24.3 Å². The molecule has 0 unspecified atom stereocenters. The lowest BCUT2D eigenvalue weighted by Crippen LogP contribution is -2.42. The van der Waals surface area contributed by atoms with Crippen molar-refractivity contribution in [1.29, 1.82) is 0 Å². The number of rotatable bonds is 7. The van der Waals surface area contributed by atoms with Gasteiger partial charge in [0.25, 0.3) is 5.91 Å². The maximum atomic E-state index is 12.9. The minimum atomic E-state index is -3.89. The standard InChI is InChI=1S/C20H21ClN2O6S/c1-28-16-5-2-4-15(12-16)22-19(24)13-29-20(25)18-6-3-11-23(18)30(26,27)17-9-7-14(21)8-10-17/h2,4-5,7-10,12,18H,3,6,11,13H2,1H3,(H,22,24)/t18-/m1/s1. The molecule has 0 spiro atoms. The number of amides is 1. The number of methoxy groups -OCH3 is 1. The minimum absolute atomic E-state index is 0.0439. The minimum Gasteiger partial charge on any atom is -0.497 e. The molecule has 1 fully saturated rings. The van der Waals surface area contributed by atoms with Gasteiger partial charge < -0.3 is 14.8 Å². The maximum Gasteiger partial charge on any atom is 0.324 e. The highest BCUT2D eigenvalue weighted by atomic mass is 35.5. The van der Waals surface area contributed by atoms with Crippen molar-refractivity contribution in [2.75, 3.05) is 25.6 Å². The number of esters is 1. The van der Waals surface area contributed by atoms with Gasteiger partial charge in [0.05, 0.1) is 12.0 Å². The number of hydrogen-bond donors (Lipinski definition) is 1. The summed E-state index contributed by atoms with van der Waals surface area (Å²) in [5.74, 6) is -0.730. The summed E-state index contributed by atoms with van der Waals surface area (Å²) in [5.41, 5.74) is 0.489. The van der Waals surface area contributed by atoms with Crippen LogP contribution in [0.3, 0.4) is 0 Å². The van der Waals surface area contributed by atoms with E-state index in [0.29, 0.717) is 29.3 Å². The molecule has 0 aromatic heterocycles. The molecule has 10 heteroatoms. The third-order valence-corrected chi connectivity index (χ3v) is 6.77. The molecule has 8 nitrogen and oxygen atoms in total. The van der Waals surface area contributed by atoms with Crippen LogP contribution in [0.5, 0.6) is 5.75 Å². The van der Waals surface area contributed by atoms with Gasteiger partial charge in [0, 0.05) is 23.3 Å². The van der Waals surface area contributed by atoms with Crippen molar-refractivity contribution in [2.45, 2.75) is 23.8 Å². The molecule has 1 heterocycles. The van der Waals surface area contributed by atoms with E-state index in [2.05, 4.69) is 5.32 Å². The molecule has 30 heavy (non-hydrogen) atoms. The summed E-state index contributed by atoms with van der Waals surface area (Å²) >= 11 is 5.82. The Bertz CT molecular complexity index is 1030. The second-order valence-corrected chi connectivity index (χ2v) is 8.94. The average molecular weight is 453 g/mol. The normalized spacial score (nSPS) is 16.8. The molecule has 1 aliphatic rings. The lowest BCUT2D eigenvalue weighted by molar-refractivity contribution is -0.150. The lowest BCUT2D eigenvalue weighted by Gasteiger charge is -2.22. The van der Waals surface area contributed by atoms with E-state index < -0.39 is 34.5 Å². The van der Waals surface area contributed by atoms with E-state index >= 15 is 0 Å². The number of ether oxygens (including phenoxy) is 2. The Morgan fingerprint density at radius 2 is 1.93 bits per heavy atom. The molecular weight excluding hydrogens is 432 g/mol. The number of anilines is 1. The summed E-state index contributed by atoms with van der Waals surface area (Å²) in [5, 5.41) is 3.01. The van der Waals surface area contributed by atoms with Gasteiger partial charge in [0.15, 0.2) is 6.61 Å². The summed E-state index contributed by atoms with van der Waals surface area (Å²) in [7, 11) is -2.38. The Hall–Kier alpha value is -2.62. The quantitative estimate of drug-likeness (QED) is 0.648. The first-order valence-electron chi connectivity index (χ1n) is 9.19. The molecule has 1 amide bonds. The highest BCUT2D eigenvalue weighted by Gasteiger charge is 2.40. The summed E-state index contributed by atoms with van der Waals surface area (Å²) in [6.45, 7) is -0.331. The van der Waals surface area contributed by atoms with E-state index in [1.807, 2.05) is 0 Å². The van der Waals surface area contributed by atoms with Crippen LogP contribution >= 0.6 is 11.6 Å². The van der Waals surface area contributed by atoms with Crippen molar-refractivity contribution in [2.24, 2.45) is 0 Å². The van der Waals surface area contributed by atoms with Gasteiger partial charge in [-0.25, -0.2) is 8.42 Å². The Morgan fingerprint density at radius 1 is 1.20 bits per heavy atom. The summed E-state index contributed by atoms with van der Waals surface area (Å²) in [6, 6.07) is 11.5. The van der Waals surface area contributed by atoms with E-state index in [0.717, 1.165) is 4.31 Å². The van der Waals surface area contributed by atoms with Gasteiger partial charge in [-0.2, -0.15) is 4.31 Å². The van der Waals surface area contributed by atoms with E-state index in [1.165, 1.54) is 31.4 Å². The first-order chi connectivity index (χ1) is 14.3. The van der Waals surface area contributed by atoms with Crippen molar-refractivity contribution in [3.05, 3.63) is 53.6 Å².